The molecule has 1 atom stereocenters. The van der Waals surface area contributed by atoms with Crippen molar-refractivity contribution in [1.82, 2.24) is 10.2 Å². The van der Waals surface area contributed by atoms with E-state index < -0.39 is 28.5 Å². The van der Waals surface area contributed by atoms with Crippen molar-refractivity contribution in [3.63, 3.8) is 0 Å². The van der Waals surface area contributed by atoms with Crippen molar-refractivity contribution in [3.05, 3.63) is 90.5 Å². The number of benzene rings is 3. The Morgan fingerprint density at radius 1 is 0.842 bits per heavy atom. The minimum absolute atomic E-state index is 0.164. The number of hydrogen-bond acceptors (Lipinski definition) is 5. The lowest BCUT2D eigenvalue weighted by atomic mass is 10.1. The van der Waals surface area contributed by atoms with Crippen LogP contribution in [0.5, 0.6) is 11.5 Å². The molecule has 8 nitrogen and oxygen atoms in total. The van der Waals surface area contributed by atoms with Crippen LogP contribution in [0.3, 0.4) is 0 Å². The fourth-order valence-corrected chi connectivity index (χ4v) is 4.58. The molecule has 0 saturated carbocycles. The van der Waals surface area contributed by atoms with Crippen LogP contribution in [0.2, 0.25) is 0 Å². The average molecular weight is 538 g/mol. The smallest absolute Gasteiger partial charge is 0.244 e. The van der Waals surface area contributed by atoms with E-state index in [2.05, 4.69) is 5.32 Å². The quantitative estimate of drug-likeness (QED) is 0.369. The van der Waals surface area contributed by atoms with Crippen LogP contribution in [0.4, 0.5) is 5.69 Å². The van der Waals surface area contributed by atoms with Crippen LogP contribution >= 0.6 is 0 Å². The van der Waals surface area contributed by atoms with Crippen molar-refractivity contribution >= 4 is 27.5 Å². The van der Waals surface area contributed by atoms with E-state index >= 15 is 0 Å². The van der Waals surface area contributed by atoms with E-state index in [0.29, 0.717) is 23.7 Å². The minimum atomic E-state index is -3.81. The normalized spacial score (nSPS) is 12.0. The van der Waals surface area contributed by atoms with Crippen LogP contribution < -0.4 is 14.4 Å². The Bertz CT molecular complexity index is 1300. The van der Waals surface area contributed by atoms with Gasteiger partial charge in [0.2, 0.25) is 21.8 Å². The lowest BCUT2D eigenvalue weighted by Gasteiger charge is -2.31. The Morgan fingerprint density at radius 2 is 1.39 bits per heavy atom. The second kappa shape index (κ2) is 13.1. The maximum atomic E-state index is 13.6. The monoisotopic (exact) mass is 537 g/mol. The summed E-state index contributed by atoms with van der Waals surface area (Å²) in [5, 5.41) is 2.87. The van der Waals surface area contributed by atoms with Gasteiger partial charge in [0.1, 0.15) is 24.1 Å². The van der Waals surface area contributed by atoms with E-state index in [-0.39, 0.29) is 18.4 Å². The second-order valence-corrected chi connectivity index (χ2v) is 11.4. The molecule has 0 aliphatic rings. The van der Waals surface area contributed by atoms with Crippen molar-refractivity contribution < 1.29 is 22.7 Å². The first kappa shape index (κ1) is 28.7. The van der Waals surface area contributed by atoms with Crippen molar-refractivity contribution in [1.29, 1.82) is 0 Å². The first-order valence-corrected chi connectivity index (χ1v) is 14.3. The molecular formula is C29H35N3O5S. The molecule has 3 aromatic carbocycles. The van der Waals surface area contributed by atoms with Gasteiger partial charge in [0.25, 0.3) is 0 Å². The Morgan fingerprint density at radius 3 is 1.95 bits per heavy atom. The summed E-state index contributed by atoms with van der Waals surface area (Å²) in [6.45, 7) is 5.81. The van der Waals surface area contributed by atoms with Crippen molar-refractivity contribution in [3.8, 4) is 11.5 Å². The fraction of sp³-hybridized carbons (Fsp3) is 0.310. The second-order valence-electron chi connectivity index (χ2n) is 9.50. The van der Waals surface area contributed by atoms with Gasteiger partial charge in [-0.2, -0.15) is 0 Å². The standard InChI is InChI=1S/C29H35N3O5S/c1-22(2)19-30-29(34)23(3)31(20-24-11-7-5-8-12-24)28(33)21-32(38(4,35)36)25-15-17-27(18-16-25)37-26-13-9-6-10-14-26/h5-18,22-23H,19-21H2,1-4H3,(H,30,34)/t23-/m0/s1. The van der Waals surface area contributed by atoms with Crippen LogP contribution in [0.25, 0.3) is 0 Å². The summed E-state index contributed by atoms with van der Waals surface area (Å²) in [6.07, 6.45) is 1.05. The minimum Gasteiger partial charge on any atom is -0.457 e. The number of sulfonamides is 1. The number of nitrogens with zero attached hydrogens (tertiary/aromatic N) is 2. The van der Waals surface area contributed by atoms with Crippen LogP contribution in [-0.4, -0.2) is 50.5 Å². The molecule has 0 radical (unpaired) electrons. The Balaban J connectivity index is 1.83. The first-order valence-electron chi connectivity index (χ1n) is 12.5. The third-order valence-electron chi connectivity index (χ3n) is 5.83. The molecule has 0 bridgehead atoms. The first-order chi connectivity index (χ1) is 18.0. The number of nitrogens with one attached hydrogen (secondary N) is 1. The summed E-state index contributed by atoms with van der Waals surface area (Å²) in [5.74, 6) is 0.643. The van der Waals surface area contributed by atoms with Gasteiger partial charge in [-0.25, -0.2) is 8.42 Å². The van der Waals surface area contributed by atoms with Gasteiger partial charge in [-0.1, -0.05) is 62.4 Å². The number of carbonyl (C=O) groups is 2. The number of amides is 2. The zero-order chi connectivity index (χ0) is 27.7. The highest BCUT2D eigenvalue weighted by molar-refractivity contribution is 7.92. The van der Waals surface area contributed by atoms with E-state index in [4.69, 9.17) is 4.74 Å². The van der Waals surface area contributed by atoms with Gasteiger partial charge in [0.05, 0.1) is 11.9 Å². The molecule has 0 saturated heterocycles. The van der Waals surface area contributed by atoms with Gasteiger partial charge in [-0.15, -0.1) is 0 Å². The lowest BCUT2D eigenvalue weighted by Crippen LogP contribution is -2.51. The van der Waals surface area contributed by atoms with E-state index in [1.165, 1.54) is 4.90 Å². The highest BCUT2D eigenvalue weighted by atomic mass is 32.2. The van der Waals surface area contributed by atoms with Crippen LogP contribution in [0.1, 0.15) is 26.3 Å². The summed E-state index contributed by atoms with van der Waals surface area (Å²) in [5.41, 5.74) is 1.15. The van der Waals surface area contributed by atoms with E-state index in [1.54, 1.807) is 31.2 Å². The number of anilines is 1. The zero-order valence-corrected chi connectivity index (χ0v) is 23.0. The summed E-state index contributed by atoms with van der Waals surface area (Å²) < 4.78 is 32.3. The number of ether oxygens (including phenoxy) is 1. The molecule has 0 heterocycles. The summed E-state index contributed by atoms with van der Waals surface area (Å²) in [7, 11) is -3.81. The number of carbonyl (C=O) groups excluding carboxylic acids is 2. The van der Waals surface area contributed by atoms with Gasteiger partial charge in [-0.05, 0) is 54.8 Å². The average Bonchev–Trinajstić information content (AvgIpc) is 2.89. The number of para-hydroxylation sites is 1. The molecule has 0 spiro atoms. The molecule has 3 aromatic rings. The maximum absolute atomic E-state index is 13.6. The summed E-state index contributed by atoms with van der Waals surface area (Å²) >= 11 is 0. The van der Waals surface area contributed by atoms with Crippen molar-refractivity contribution in [2.24, 2.45) is 5.92 Å². The molecule has 3 rings (SSSR count). The highest BCUT2D eigenvalue weighted by Gasteiger charge is 2.30. The van der Waals surface area contributed by atoms with Crippen molar-refractivity contribution in [2.45, 2.75) is 33.4 Å². The molecule has 202 valence electrons. The van der Waals surface area contributed by atoms with Crippen LogP contribution in [0, 0.1) is 5.92 Å². The maximum Gasteiger partial charge on any atom is 0.244 e. The van der Waals surface area contributed by atoms with Crippen LogP contribution in [-0.2, 0) is 26.2 Å². The van der Waals surface area contributed by atoms with Crippen LogP contribution in [0.15, 0.2) is 84.9 Å². The third kappa shape index (κ3) is 8.34. The molecular weight excluding hydrogens is 502 g/mol. The molecule has 2 amide bonds. The van der Waals surface area contributed by atoms with Gasteiger partial charge in [-0.3, -0.25) is 13.9 Å². The predicted molar refractivity (Wildman–Crippen MR) is 149 cm³/mol. The van der Waals surface area contributed by atoms with Gasteiger partial charge in [0, 0.05) is 13.1 Å². The molecule has 38 heavy (non-hydrogen) atoms. The number of rotatable bonds is 12. The van der Waals surface area contributed by atoms with Crippen molar-refractivity contribution in [2.75, 3.05) is 23.7 Å². The summed E-state index contributed by atoms with van der Waals surface area (Å²) in [6, 6.07) is 24.2. The van der Waals surface area contributed by atoms with Gasteiger partial charge >= 0.3 is 0 Å². The lowest BCUT2D eigenvalue weighted by molar-refractivity contribution is -0.139. The van der Waals surface area contributed by atoms with Gasteiger partial charge < -0.3 is 15.0 Å². The Kier molecular flexibility index (Phi) is 9.90. The Hall–Kier alpha value is -3.85. The van der Waals surface area contributed by atoms with E-state index in [1.807, 2.05) is 74.5 Å². The SMILES string of the molecule is CC(C)CNC(=O)[C@H](C)N(Cc1ccccc1)C(=O)CN(c1ccc(Oc2ccccc2)cc1)S(C)(=O)=O. The molecule has 0 aromatic heterocycles. The number of hydrogen-bond donors (Lipinski definition) is 1. The zero-order valence-electron chi connectivity index (χ0n) is 22.2. The highest BCUT2D eigenvalue weighted by Crippen LogP contribution is 2.26. The topological polar surface area (TPSA) is 96.0 Å². The van der Waals surface area contributed by atoms with E-state index in [0.717, 1.165) is 16.1 Å². The van der Waals surface area contributed by atoms with Gasteiger partial charge in [0.15, 0.2) is 0 Å². The molecule has 9 heteroatoms. The fourth-order valence-electron chi connectivity index (χ4n) is 3.73. The largest absolute Gasteiger partial charge is 0.457 e. The predicted octanol–water partition coefficient (Wildman–Crippen LogP) is 4.43. The molecule has 0 fully saturated rings. The molecule has 0 aliphatic carbocycles. The summed E-state index contributed by atoms with van der Waals surface area (Å²) in [4.78, 5) is 27.9. The Labute approximate surface area is 225 Å². The molecule has 1 N–H and O–H groups in total. The van der Waals surface area contributed by atoms with E-state index in [9.17, 15) is 18.0 Å². The molecule has 0 unspecified atom stereocenters. The molecule has 0 aliphatic heterocycles. The third-order valence-corrected chi connectivity index (χ3v) is 6.97.